The first-order chi connectivity index (χ1) is 9.10. The van der Waals surface area contributed by atoms with Gasteiger partial charge in [0.15, 0.2) is 0 Å². The number of esters is 1. The van der Waals surface area contributed by atoms with Crippen molar-refractivity contribution in [3.63, 3.8) is 0 Å². The standard InChI is InChI=1S/C13H17FN2O4/c1-13(2,3)20-12(17)10(15)7-8-4-5-11(16(18)19)9(14)6-8/h4-6,10H,7,15H2,1-3H3. The van der Waals surface area contributed by atoms with Crippen molar-refractivity contribution < 1.29 is 18.8 Å². The molecule has 20 heavy (non-hydrogen) atoms. The van der Waals surface area contributed by atoms with E-state index in [0.717, 1.165) is 12.1 Å². The summed E-state index contributed by atoms with van der Waals surface area (Å²) in [6, 6.07) is 2.47. The Balaban J connectivity index is 2.76. The number of carbonyl (C=O) groups is 1. The number of benzene rings is 1. The number of rotatable bonds is 4. The highest BCUT2D eigenvalue weighted by Gasteiger charge is 2.23. The van der Waals surface area contributed by atoms with E-state index in [-0.39, 0.29) is 6.42 Å². The van der Waals surface area contributed by atoms with E-state index in [1.165, 1.54) is 6.07 Å². The highest BCUT2D eigenvalue weighted by Crippen LogP contribution is 2.19. The Bertz CT molecular complexity index is 526. The Labute approximate surface area is 115 Å². The molecule has 0 saturated heterocycles. The van der Waals surface area contributed by atoms with Gasteiger partial charge >= 0.3 is 11.7 Å². The largest absolute Gasteiger partial charge is 0.459 e. The summed E-state index contributed by atoms with van der Waals surface area (Å²) >= 11 is 0. The second kappa shape index (κ2) is 5.96. The van der Waals surface area contributed by atoms with Crippen LogP contribution in [0.25, 0.3) is 0 Å². The van der Waals surface area contributed by atoms with Gasteiger partial charge in [0.1, 0.15) is 11.6 Å². The molecule has 0 heterocycles. The predicted octanol–water partition coefficient (Wildman–Crippen LogP) is 1.95. The van der Waals surface area contributed by atoms with Gasteiger partial charge in [-0.15, -0.1) is 0 Å². The van der Waals surface area contributed by atoms with Crippen molar-refractivity contribution in [3.8, 4) is 0 Å². The summed E-state index contributed by atoms with van der Waals surface area (Å²) in [7, 11) is 0. The molecule has 0 radical (unpaired) electrons. The minimum atomic E-state index is -0.955. The van der Waals surface area contributed by atoms with Crippen LogP contribution in [0.5, 0.6) is 0 Å². The van der Waals surface area contributed by atoms with E-state index in [4.69, 9.17) is 10.5 Å². The molecule has 0 aromatic heterocycles. The van der Waals surface area contributed by atoms with E-state index >= 15 is 0 Å². The SMILES string of the molecule is CC(C)(C)OC(=O)C(N)Cc1ccc([N+](=O)[O-])c(F)c1. The zero-order chi connectivity index (χ0) is 15.5. The maximum Gasteiger partial charge on any atom is 0.323 e. The smallest absolute Gasteiger partial charge is 0.323 e. The van der Waals surface area contributed by atoms with E-state index in [1.807, 2.05) is 0 Å². The van der Waals surface area contributed by atoms with Crippen molar-refractivity contribution in [1.29, 1.82) is 0 Å². The molecule has 2 N–H and O–H groups in total. The summed E-state index contributed by atoms with van der Waals surface area (Å²) in [6.45, 7) is 5.13. The number of carbonyl (C=O) groups excluding carboxylic acids is 1. The van der Waals surface area contributed by atoms with Gasteiger partial charge in [0.25, 0.3) is 0 Å². The molecule has 1 rings (SSSR count). The van der Waals surface area contributed by atoms with Gasteiger partial charge < -0.3 is 10.5 Å². The predicted molar refractivity (Wildman–Crippen MR) is 70.6 cm³/mol. The van der Waals surface area contributed by atoms with Gasteiger partial charge in [-0.25, -0.2) is 0 Å². The maximum absolute atomic E-state index is 13.4. The van der Waals surface area contributed by atoms with Gasteiger partial charge in [-0.2, -0.15) is 4.39 Å². The third kappa shape index (κ3) is 4.58. The van der Waals surface area contributed by atoms with Gasteiger partial charge in [-0.05, 0) is 38.8 Å². The molecule has 1 atom stereocenters. The number of halogens is 1. The maximum atomic E-state index is 13.4. The van der Waals surface area contributed by atoms with Gasteiger partial charge in [0.05, 0.1) is 4.92 Å². The van der Waals surface area contributed by atoms with E-state index in [2.05, 4.69) is 0 Å². The van der Waals surface area contributed by atoms with Gasteiger partial charge in [-0.1, -0.05) is 6.07 Å². The molecule has 7 heteroatoms. The molecule has 0 aliphatic rings. The summed E-state index contributed by atoms with van der Waals surface area (Å²) < 4.78 is 18.5. The Kier molecular flexibility index (Phi) is 4.78. The third-order valence-corrected chi connectivity index (χ3v) is 2.37. The van der Waals surface area contributed by atoms with Crippen LogP contribution < -0.4 is 5.73 Å². The molecule has 0 spiro atoms. The Hall–Kier alpha value is -2.02. The molecule has 0 saturated carbocycles. The molecule has 0 aliphatic heterocycles. The van der Waals surface area contributed by atoms with Crippen LogP contribution in [0.2, 0.25) is 0 Å². The van der Waals surface area contributed by atoms with Crippen LogP contribution in [0.4, 0.5) is 10.1 Å². The molecule has 110 valence electrons. The minimum Gasteiger partial charge on any atom is -0.459 e. The van der Waals surface area contributed by atoms with Crippen molar-refractivity contribution in [2.45, 2.75) is 38.8 Å². The second-order valence-corrected chi connectivity index (χ2v) is 5.39. The molecule has 0 fully saturated rings. The van der Waals surface area contributed by atoms with Crippen LogP contribution in [0.1, 0.15) is 26.3 Å². The van der Waals surface area contributed by atoms with E-state index in [0.29, 0.717) is 5.56 Å². The second-order valence-electron chi connectivity index (χ2n) is 5.39. The first-order valence-corrected chi connectivity index (χ1v) is 6.01. The number of nitro groups is 1. The van der Waals surface area contributed by atoms with Crippen LogP contribution in [0, 0.1) is 15.9 Å². The molecule has 0 aliphatic carbocycles. The third-order valence-electron chi connectivity index (χ3n) is 2.37. The van der Waals surface area contributed by atoms with Gasteiger partial charge in [0, 0.05) is 6.07 Å². The van der Waals surface area contributed by atoms with Crippen molar-refractivity contribution in [1.82, 2.24) is 0 Å². The van der Waals surface area contributed by atoms with Crippen molar-refractivity contribution in [2.24, 2.45) is 5.73 Å². The number of nitro benzene ring substituents is 1. The molecule has 1 unspecified atom stereocenters. The molecule has 0 amide bonds. The average Bonchev–Trinajstić information content (AvgIpc) is 2.26. The fourth-order valence-electron chi connectivity index (χ4n) is 1.54. The molecular weight excluding hydrogens is 267 g/mol. The summed E-state index contributed by atoms with van der Waals surface area (Å²) in [5.74, 6) is -1.56. The summed E-state index contributed by atoms with van der Waals surface area (Å²) in [6.07, 6.45) is 0.0455. The lowest BCUT2D eigenvalue weighted by Gasteiger charge is -2.22. The topological polar surface area (TPSA) is 95.5 Å². The number of ether oxygens (including phenoxy) is 1. The monoisotopic (exact) mass is 284 g/mol. The minimum absolute atomic E-state index is 0.0455. The first kappa shape index (κ1) is 16.0. The zero-order valence-corrected chi connectivity index (χ0v) is 11.6. The molecule has 0 bridgehead atoms. The molecular formula is C13H17FN2O4. The lowest BCUT2D eigenvalue weighted by atomic mass is 10.1. The fraction of sp³-hybridized carbons (Fsp3) is 0.462. The highest BCUT2D eigenvalue weighted by molar-refractivity contribution is 5.76. The van der Waals surface area contributed by atoms with Crippen LogP contribution >= 0.6 is 0 Å². The van der Waals surface area contributed by atoms with Gasteiger partial charge in [-0.3, -0.25) is 14.9 Å². The molecule has 1 aromatic rings. The molecule has 1 aromatic carbocycles. The van der Waals surface area contributed by atoms with E-state index < -0.39 is 34.0 Å². The highest BCUT2D eigenvalue weighted by atomic mass is 19.1. The van der Waals surface area contributed by atoms with Crippen LogP contribution in [-0.2, 0) is 16.0 Å². The number of nitrogens with zero attached hydrogens (tertiary/aromatic N) is 1. The van der Waals surface area contributed by atoms with E-state index in [9.17, 15) is 19.3 Å². The van der Waals surface area contributed by atoms with E-state index in [1.54, 1.807) is 20.8 Å². The van der Waals surface area contributed by atoms with Crippen molar-refractivity contribution in [2.75, 3.05) is 0 Å². The van der Waals surface area contributed by atoms with Crippen molar-refractivity contribution in [3.05, 3.63) is 39.7 Å². The number of hydrogen-bond acceptors (Lipinski definition) is 5. The Morgan fingerprint density at radius 2 is 2.10 bits per heavy atom. The Morgan fingerprint density at radius 3 is 2.55 bits per heavy atom. The lowest BCUT2D eigenvalue weighted by Crippen LogP contribution is -2.38. The van der Waals surface area contributed by atoms with Crippen molar-refractivity contribution >= 4 is 11.7 Å². The normalized spacial score (nSPS) is 12.8. The summed E-state index contributed by atoms with van der Waals surface area (Å²) in [4.78, 5) is 21.3. The van der Waals surface area contributed by atoms with Crippen LogP contribution in [0.3, 0.4) is 0 Å². The Morgan fingerprint density at radius 1 is 1.50 bits per heavy atom. The first-order valence-electron chi connectivity index (χ1n) is 6.01. The molecule has 6 nitrogen and oxygen atoms in total. The number of nitrogens with two attached hydrogens (primary N) is 1. The quantitative estimate of drug-likeness (QED) is 0.518. The van der Waals surface area contributed by atoms with Crippen LogP contribution in [0.15, 0.2) is 18.2 Å². The number of hydrogen-bond donors (Lipinski definition) is 1. The summed E-state index contributed by atoms with van der Waals surface area (Å²) in [5.41, 5.74) is 4.80. The van der Waals surface area contributed by atoms with Crippen LogP contribution in [-0.4, -0.2) is 22.5 Å². The summed E-state index contributed by atoms with van der Waals surface area (Å²) in [5, 5.41) is 10.5. The zero-order valence-electron chi connectivity index (χ0n) is 11.6. The van der Waals surface area contributed by atoms with Gasteiger partial charge in [0.2, 0.25) is 5.82 Å². The lowest BCUT2D eigenvalue weighted by molar-refractivity contribution is -0.387. The fourth-order valence-corrected chi connectivity index (χ4v) is 1.54. The average molecular weight is 284 g/mol.